The molecule has 0 aromatic heterocycles. The van der Waals surface area contributed by atoms with Gasteiger partial charge >= 0.3 is 0 Å². The Bertz CT molecular complexity index is 644. The second-order valence-corrected chi connectivity index (χ2v) is 8.85. The molecular formula is C28H44. The lowest BCUT2D eigenvalue weighted by molar-refractivity contribution is 0.0964. The fourth-order valence-electron chi connectivity index (χ4n) is 4.69. The van der Waals surface area contributed by atoms with Crippen LogP contribution in [0.3, 0.4) is 0 Å². The molecule has 0 fully saturated rings. The minimum Gasteiger partial charge on any atom is -0.0683 e. The van der Waals surface area contributed by atoms with Crippen molar-refractivity contribution in [2.75, 3.05) is 0 Å². The normalized spacial score (nSPS) is 17.4. The predicted molar refractivity (Wildman–Crippen MR) is 127 cm³/mol. The maximum atomic E-state index is 2.53. The minimum absolute atomic E-state index is 0.182. The van der Waals surface area contributed by atoms with E-state index in [1.165, 1.54) is 36.8 Å². The Morgan fingerprint density at radius 1 is 0.750 bits per heavy atom. The highest BCUT2D eigenvalue weighted by Gasteiger charge is 2.45. The zero-order valence-electron chi connectivity index (χ0n) is 19.8. The molecule has 0 aliphatic rings. The van der Waals surface area contributed by atoms with Gasteiger partial charge in [0.25, 0.3) is 0 Å². The zero-order chi connectivity index (χ0) is 21.2. The number of rotatable bonds is 9. The molecular weight excluding hydrogens is 336 g/mol. The van der Waals surface area contributed by atoms with Crippen molar-refractivity contribution in [2.24, 2.45) is 11.3 Å². The van der Waals surface area contributed by atoms with E-state index in [9.17, 15) is 0 Å². The molecule has 0 spiro atoms. The number of hydrogen-bond donors (Lipinski definition) is 0. The van der Waals surface area contributed by atoms with E-state index in [0.717, 1.165) is 5.92 Å². The Balaban J connectivity index is 0.00000190. The highest BCUT2D eigenvalue weighted by atomic mass is 14.5. The van der Waals surface area contributed by atoms with Gasteiger partial charge in [-0.05, 0) is 53.1 Å². The van der Waals surface area contributed by atoms with Crippen LogP contribution in [-0.2, 0) is 5.41 Å². The van der Waals surface area contributed by atoms with Gasteiger partial charge in [0.2, 0.25) is 0 Å². The van der Waals surface area contributed by atoms with Gasteiger partial charge in [-0.15, -0.1) is 0 Å². The first-order chi connectivity index (χ1) is 13.4. The fourth-order valence-corrected chi connectivity index (χ4v) is 4.69. The van der Waals surface area contributed by atoms with Crippen LogP contribution in [-0.4, -0.2) is 0 Å². The van der Waals surface area contributed by atoms with Crippen LogP contribution in [0.15, 0.2) is 60.7 Å². The van der Waals surface area contributed by atoms with Crippen LogP contribution in [0.2, 0.25) is 0 Å². The molecule has 0 N–H and O–H groups in total. The van der Waals surface area contributed by atoms with E-state index in [4.69, 9.17) is 0 Å². The van der Waals surface area contributed by atoms with Gasteiger partial charge in [-0.3, -0.25) is 0 Å². The quantitative estimate of drug-likeness (QED) is 0.407. The molecule has 4 unspecified atom stereocenters. The summed E-state index contributed by atoms with van der Waals surface area (Å²) in [5.74, 6) is 1.30. The molecule has 0 radical (unpaired) electrons. The van der Waals surface area contributed by atoms with Gasteiger partial charge in [-0.2, -0.15) is 0 Å². The molecule has 2 rings (SSSR count). The van der Waals surface area contributed by atoms with Gasteiger partial charge in [0.05, 0.1) is 0 Å². The Hall–Kier alpha value is -1.56. The molecule has 2 aromatic rings. The molecule has 156 valence electrons. The topological polar surface area (TPSA) is 0 Å². The summed E-state index contributed by atoms with van der Waals surface area (Å²) in [6, 6.07) is 22.3. The Morgan fingerprint density at radius 3 is 1.71 bits per heavy atom. The SMILES string of the molecule is CC.CCC(C)CC(C)(c1ccccc1)C(C)(CC)CC(C)c1ccccc1. The van der Waals surface area contributed by atoms with Crippen molar-refractivity contribution >= 4 is 0 Å². The van der Waals surface area contributed by atoms with Gasteiger partial charge in [0, 0.05) is 0 Å². The summed E-state index contributed by atoms with van der Waals surface area (Å²) < 4.78 is 0. The van der Waals surface area contributed by atoms with Gasteiger partial charge < -0.3 is 0 Å². The van der Waals surface area contributed by atoms with Crippen molar-refractivity contribution < 1.29 is 0 Å². The van der Waals surface area contributed by atoms with E-state index in [1.807, 2.05) is 13.8 Å². The summed E-state index contributed by atoms with van der Waals surface area (Å²) in [5.41, 5.74) is 3.41. The average Bonchev–Trinajstić information content (AvgIpc) is 2.75. The van der Waals surface area contributed by atoms with Crippen LogP contribution in [0.1, 0.15) is 98.1 Å². The molecule has 0 heterocycles. The molecule has 0 aliphatic carbocycles. The van der Waals surface area contributed by atoms with E-state index in [1.54, 1.807) is 0 Å². The third-order valence-electron chi connectivity index (χ3n) is 7.10. The summed E-state index contributed by atoms with van der Waals surface area (Å²) in [7, 11) is 0. The third kappa shape index (κ3) is 5.72. The highest BCUT2D eigenvalue weighted by molar-refractivity contribution is 5.29. The molecule has 0 amide bonds. The molecule has 0 aliphatic heterocycles. The number of hydrogen-bond acceptors (Lipinski definition) is 0. The van der Waals surface area contributed by atoms with E-state index in [-0.39, 0.29) is 10.8 Å². The highest BCUT2D eigenvalue weighted by Crippen LogP contribution is 2.53. The van der Waals surface area contributed by atoms with Crippen molar-refractivity contribution in [3.63, 3.8) is 0 Å². The van der Waals surface area contributed by atoms with Crippen molar-refractivity contribution in [1.82, 2.24) is 0 Å². The first kappa shape index (κ1) is 24.5. The van der Waals surface area contributed by atoms with Gasteiger partial charge in [-0.1, -0.05) is 122 Å². The lowest BCUT2D eigenvalue weighted by atomic mass is 9.54. The first-order valence-electron chi connectivity index (χ1n) is 11.5. The molecule has 0 bridgehead atoms. The smallest absolute Gasteiger partial charge is 0.00189 e. The van der Waals surface area contributed by atoms with E-state index < -0.39 is 0 Å². The van der Waals surface area contributed by atoms with E-state index in [2.05, 4.69) is 102 Å². The molecule has 28 heavy (non-hydrogen) atoms. The summed E-state index contributed by atoms with van der Waals surface area (Å²) >= 11 is 0. The summed E-state index contributed by atoms with van der Waals surface area (Å²) in [5, 5.41) is 0. The van der Waals surface area contributed by atoms with Gasteiger partial charge in [-0.25, -0.2) is 0 Å². The van der Waals surface area contributed by atoms with Gasteiger partial charge in [0.15, 0.2) is 0 Å². The lowest BCUT2D eigenvalue weighted by Crippen LogP contribution is -2.43. The summed E-state index contributed by atoms with van der Waals surface area (Å²) in [6.45, 7) is 18.6. The van der Waals surface area contributed by atoms with Crippen LogP contribution in [0.5, 0.6) is 0 Å². The fraction of sp³-hybridized carbons (Fsp3) is 0.571. The second kappa shape index (κ2) is 11.4. The third-order valence-corrected chi connectivity index (χ3v) is 7.10. The lowest BCUT2D eigenvalue weighted by Gasteiger charge is -2.50. The zero-order valence-corrected chi connectivity index (χ0v) is 19.8. The monoisotopic (exact) mass is 380 g/mol. The maximum Gasteiger partial charge on any atom is -0.00189 e. The molecule has 0 saturated heterocycles. The first-order valence-corrected chi connectivity index (χ1v) is 11.5. The maximum absolute atomic E-state index is 2.53. The largest absolute Gasteiger partial charge is 0.0683 e. The van der Waals surface area contributed by atoms with E-state index >= 15 is 0 Å². The van der Waals surface area contributed by atoms with Gasteiger partial charge in [0.1, 0.15) is 0 Å². The molecule has 0 heteroatoms. The van der Waals surface area contributed by atoms with Crippen molar-refractivity contribution in [3.8, 4) is 0 Å². The Kier molecular flexibility index (Phi) is 10.0. The van der Waals surface area contributed by atoms with Crippen LogP contribution in [0.4, 0.5) is 0 Å². The molecule has 4 atom stereocenters. The average molecular weight is 381 g/mol. The molecule has 0 nitrogen and oxygen atoms in total. The van der Waals surface area contributed by atoms with Crippen molar-refractivity contribution in [1.29, 1.82) is 0 Å². The Morgan fingerprint density at radius 2 is 1.25 bits per heavy atom. The number of benzene rings is 2. The van der Waals surface area contributed by atoms with Crippen LogP contribution in [0, 0.1) is 11.3 Å². The van der Waals surface area contributed by atoms with Crippen LogP contribution in [0.25, 0.3) is 0 Å². The van der Waals surface area contributed by atoms with Crippen LogP contribution >= 0.6 is 0 Å². The molecule has 2 aromatic carbocycles. The Labute approximate surface area is 175 Å². The van der Waals surface area contributed by atoms with Crippen molar-refractivity contribution in [3.05, 3.63) is 71.8 Å². The summed E-state index contributed by atoms with van der Waals surface area (Å²) in [4.78, 5) is 0. The minimum atomic E-state index is 0.182. The molecule has 0 saturated carbocycles. The second-order valence-electron chi connectivity index (χ2n) is 8.85. The standard InChI is InChI=1S/C26H38.C2H6/c1-7-21(3)19-26(6,24-17-13-10-14-18-24)25(5,8-2)20-22(4)23-15-11-9-12-16-23;1-2/h9-18,21-22H,7-8,19-20H2,1-6H3;1-2H3. The summed E-state index contributed by atoms with van der Waals surface area (Å²) in [6.07, 6.45) is 4.91. The van der Waals surface area contributed by atoms with Crippen LogP contribution < -0.4 is 0 Å². The predicted octanol–water partition coefficient (Wildman–Crippen LogP) is 9.02. The van der Waals surface area contributed by atoms with E-state index in [0.29, 0.717) is 5.92 Å². The van der Waals surface area contributed by atoms with Crippen molar-refractivity contribution in [2.45, 2.75) is 92.4 Å².